The van der Waals surface area contributed by atoms with Crippen molar-refractivity contribution in [2.75, 3.05) is 36.8 Å². The maximum atomic E-state index is 12.5. The number of nitrogens with two attached hydrogens (primary N) is 1. The van der Waals surface area contributed by atoms with Crippen LogP contribution in [0.2, 0.25) is 0 Å². The van der Waals surface area contributed by atoms with Crippen molar-refractivity contribution in [2.24, 2.45) is 0 Å². The Labute approximate surface area is 120 Å². The first-order chi connectivity index (χ1) is 9.59. The Hall–Kier alpha value is -1.27. The van der Waals surface area contributed by atoms with Crippen LogP contribution in [0, 0.1) is 0 Å². The van der Waals surface area contributed by atoms with Crippen molar-refractivity contribution < 1.29 is 8.42 Å². The minimum absolute atomic E-state index is 0.319. The van der Waals surface area contributed by atoms with Gasteiger partial charge in [0.25, 0.3) is 0 Å². The summed E-state index contributed by atoms with van der Waals surface area (Å²) < 4.78 is 26.5. The van der Waals surface area contributed by atoms with Crippen LogP contribution < -0.4 is 10.6 Å². The molecule has 5 nitrogen and oxygen atoms in total. The third kappa shape index (κ3) is 2.38. The molecule has 6 heteroatoms. The molecule has 2 fully saturated rings. The van der Waals surface area contributed by atoms with Crippen molar-refractivity contribution in [1.82, 2.24) is 4.31 Å². The average molecular weight is 295 g/mol. The van der Waals surface area contributed by atoms with E-state index in [4.69, 9.17) is 5.73 Å². The summed E-state index contributed by atoms with van der Waals surface area (Å²) >= 11 is 0. The molecular formula is C14H21N3O2S. The van der Waals surface area contributed by atoms with E-state index in [0.717, 1.165) is 31.6 Å². The lowest BCUT2D eigenvalue weighted by Gasteiger charge is -2.21. The second kappa shape index (κ2) is 5.26. The molecule has 0 aliphatic carbocycles. The minimum Gasteiger partial charge on any atom is -0.397 e. The zero-order valence-electron chi connectivity index (χ0n) is 11.6. The SMILES string of the molecule is Nc1cc(S(=O)(=O)N2CCCC2)ccc1N1CCCC1. The third-order valence-electron chi connectivity index (χ3n) is 4.15. The molecule has 0 aromatic heterocycles. The highest BCUT2D eigenvalue weighted by Gasteiger charge is 2.28. The van der Waals surface area contributed by atoms with Gasteiger partial charge in [0.05, 0.1) is 16.3 Å². The highest BCUT2D eigenvalue weighted by molar-refractivity contribution is 7.89. The first-order valence-corrected chi connectivity index (χ1v) is 8.68. The largest absolute Gasteiger partial charge is 0.397 e. The molecular weight excluding hydrogens is 274 g/mol. The Morgan fingerprint density at radius 1 is 0.950 bits per heavy atom. The fraction of sp³-hybridized carbons (Fsp3) is 0.571. The lowest BCUT2D eigenvalue weighted by molar-refractivity contribution is 0.477. The van der Waals surface area contributed by atoms with Crippen molar-refractivity contribution in [3.05, 3.63) is 18.2 Å². The van der Waals surface area contributed by atoms with Crippen molar-refractivity contribution in [1.29, 1.82) is 0 Å². The van der Waals surface area contributed by atoms with E-state index in [2.05, 4.69) is 4.90 Å². The van der Waals surface area contributed by atoms with Gasteiger partial charge in [0.2, 0.25) is 10.0 Å². The summed E-state index contributed by atoms with van der Waals surface area (Å²) in [6.45, 7) is 3.25. The average Bonchev–Trinajstić information content (AvgIpc) is 3.12. The summed E-state index contributed by atoms with van der Waals surface area (Å²) in [5, 5.41) is 0. The first-order valence-electron chi connectivity index (χ1n) is 7.24. The molecule has 0 bridgehead atoms. The molecule has 2 saturated heterocycles. The summed E-state index contributed by atoms with van der Waals surface area (Å²) in [5.41, 5.74) is 7.60. The molecule has 0 spiro atoms. The van der Waals surface area contributed by atoms with Crippen LogP contribution in [0.25, 0.3) is 0 Å². The Bertz CT molecular complexity index is 588. The highest BCUT2D eigenvalue weighted by atomic mass is 32.2. The summed E-state index contributed by atoms with van der Waals surface area (Å²) in [5.74, 6) is 0. The molecule has 110 valence electrons. The van der Waals surface area contributed by atoms with Crippen molar-refractivity contribution >= 4 is 21.4 Å². The van der Waals surface area contributed by atoms with E-state index in [1.165, 1.54) is 12.8 Å². The van der Waals surface area contributed by atoms with Crippen LogP contribution in [0.15, 0.2) is 23.1 Å². The number of sulfonamides is 1. The van der Waals surface area contributed by atoms with Gasteiger partial charge in [-0.2, -0.15) is 4.31 Å². The quantitative estimate of drug-likeness (QED) is 0.861. The number of rotatable bonds is 3. The number of anilines is 2. The maximum Gasteiger partial charge on any atom is 0.243 e. The van der Waals surface area contributed by atoms with Crippen LogP contribution in [0.1, 0.15) is 25.7 Å². The summed E-state index contributed by atoms with van der Waals surface area (Å²) in [6.07, 6.45) is 4.24. The molecule has 2 aliphatic heterocycles. The summed E-state index contributed by atoms with van der Waals surface area (Å²) in [6, 6.07) is 5.16. The Kier molecular flexibility index (Phi) is 3.60. The van der Waals surface area contributed by atoms with E-state index in [9.17, 15) is 8.42 Å². The highest BCUT2D eigenvalue weighted by Crippen LogP contribution is 2.30. The number of hydrogen-bond donors (Lipinski definition) is 1. The van der Waals surface area contributed by atoms with E-state index < -0.39 is 10.0 Å². The lowest BCUT2D eigenvalue weighted by Crippen LogP contribution is -2.28. The Morgan fingerprint density at radius 3 is 2.15 bits per heavy atom. The molecule has 1 aromatic rings. The summed E-state index contributed by atoms with van der Waals surface area (Å²) in [4.78, 5) is 2.54. The van der Waals surface area contributed by atoms with Crippen LogP contribution in [0.4, 0.5) is 11.4 Å². The second-order valence-electron chi connectivity index (χ2n) is 5.53. The second-order valence-corrected chi connectivity index (χ2v) is 7.46. The molecule has 0 saturated carbocycles. The fourth-order valence-electron chi connectivity index (χ4n) is 3.02. The molecule has 2 N–H and O–H groups in total. The normalized spacial score (nSPS) is 20.7. The van der Waals surface area contributed by atoms with Crippen LogP contribution >= 0.6 is 0 Å². The van der Waals surface area contributed by atoms with Crippen molar-refractivity contribution in [2.45, 2.75) is 30.6 Å². The molecule has 0 atom stereocenters. The van der Waals surface area contributed by atoms with Crippen LogP contribution in [0.5, 0.6) is 0 Å². The predicted molar refractivity (Wildman–Crippen MR) is 80.3 cm³/mol. The monoisotopic (exact) mass is 295 g/mol. The molecule has 1 aromatic carbocycles. The van der Waals surface area contributed by atoms with Gasteiger partial charge in [-0.15, -0.1) is 0 Å². The van der Waals surface area contributed by atoms with Crippen LogP contribution in [-0.4, -0.2) is 38.9 Å². The van der Waals surface area contributed by atoms with Gasteiger partial charge in [0.1, 0.15) is 0 Å². The molecule has 0 unspecified atom stereocenters. The minimum atomic E-state index is -3.37. The summed E-state index contributed by atoms with van der Waals surface area (Å²) in [7, 11) is -3.37. The Balaban J connectivity index is 1.89. The molecule has 3 rings (SSSR count). The van der Waals surface area contributed by atoms with Gasteiger partial charge < -0.3 is 10.6 Å². The standard InChI is InChI=1S/C14H21N3O2S/c15-13-11-12(20(18,19)17-9-3-4-10-17)5-6-14(13)16-7-1-2-8-16/h5-6,11H,1-4,7-10,15H2. The first kappa shape index (κ1) is 13.7. The molecule has 2 heterocycles. The lowest BCUT2D eigenvalue weighted by atomic mass is 10.2. The van der Waals surface area contributed by atoms with E-state index in [-0.39, 0.29) is 0 Å². The van der Waals surface area contributed by atoms with Gasteiger partial charge in [0, 0.05) is 26.2 Å². The smallest absolute Gasteiger partial charge is 0.243 e. The van der Waals surface area contributed by atoms with Gasteiger partial charge in [-0.05, 0) is 43.9 Å². The van der Waals surface area contributed by atoms with E-state index in [0.29, 0.717) is 23.7 Å². The molecule has 2 aliphatic rings. The molecule has 0 amide bonds. The van der Waals surface area contributed by atoms with Crippen molar-refractivity contribution in [3.8, 4) is 0 Å². The van der Waals surface area contributed by atoms with Gasteiger partial charge in [0.15, 0.2) is 0 Å². The van der Waals surface area contributed by atoms with E-state index in [1.54, 1.807) is 16.4 Å². The molecule has 20 heavy (non-hydrogen) atoms. The zero-order chi connectivity index (χ0) is 14.2. The van der Waals surface area contributed by atoms with Crippen LogP contribution in [0.3, 0.4) is 0 Å². The van der Waals surface area contributed by atoms with Gasteiger partial charge in [-0.25, -0.2) is 8.42 Å². The zero-order valence-corrected chi connectivity index (χ0v) is 12.4. The van der Waals surface area contributed by atoms with Gasteiger partial charge in [-0.3, -0.25) is 0 Å². The number of hydrogen-bond acceptors (Lipinski definition) is 4. The number of benzene rings is 1. The third-order valence-corrected chi connectivity index (χ3v) is 6.04. The fourth-order valence-corrected chi connectivity index (χ4v) is 4.57. The topological polar surface area (TPSA) is 66.6 Å². The van der Waals surface area contributed by atoms with Crippen molar-refractivity contribution in [3.63, 3.8) is 0 Å². The van der Waals surface area contributed by atoms with E-state index in [1.807, 2.05) is 6.07 Å². The predicted octanol–water partition coefficient (Wildman–Crippen LogP) is 1.65. The van der Waals surface area contributed by atoms with Gasteiger partial charge in [-0.1, -0.05) is 0 Å². The van der Waals surface area contributed by atoms with Gasteiger partial charge >= 0.3 is 0 Å². The van der Waals surface area contributed by atoms with E-state index >= 15 is 0 Å². The maximum absolute atomic E-state index is 12.5. The Morgan fingerprint density at radius 2 is 1.55 bits per heavy atom. The van der Waals surface area contributed by atoms with Crippen LogP contribution in [-0.2, 0) is 10.0 Å². The molecule has 0 radical (unpaired) electrons. The number of nitrogens with zero attached hydrogens (tertiary/aromatic N) is 2. The number of nitrogen functional groups attached to an aromatic ring is 1.